The van der Waals surface area contributed by atoms with Crippen LogP contribution < -0.4 is 9.46 Å². The van der Waals surface area contributed by atoms with Crippen molar-refractivity contribution in [3.8, 4) is 5.75 Å². The highest BCUT2D eigenvalue weighted by Crippen LogP contribution is 2.24. The molecule has 0 atom stereocenters. The molecule has 0 aliphatic carbocycles. The molecule has 4 nitrogen and oxygen atoms in total. The quantitative estimate of drug-likeness (QED) is 0.924. The smallest absolute Gasteiger partial charge is 0.241 e. The van der Waals surface area contributed by atoms with E-state index in [4.69, 9.17) is 4.74 Å². The van der Waals surface area contributed by atoms with E-state index < -0.39 is 10.0 Å². The molecule has 2 aromatic rings. The van der Waals surface area contributed by atoms with E-state index in [1.165, 1.54) is 11.3 Å². The molecule has 6 heteroatoms. The Morgan fingerprint density at radius 2 is 1.85 bits per heavy atom. The Morgan fingerprint density at radius 1 is 1.20 bits per heavy atom. The van der Waals surface area contributed by atoms with Gasteiger partial charge >= 0.3 is 0 Å². The molecule has 1 N–H and O–H groups in total. The lowest BCUT2D eigenvalue weighted by Gasteiger charge is -2.07. The van der Waals surface area contributed by atoms with Gasteiger partial charge in [-0.2, -0.15) is 0 Å². The van der Waals surface area contributed by atoms with E-state index >= 15 is 0 Å². The molecule has 0 fully saturated rings. The number of hydrogen-bond donors (Lipinski definition) is 1. The number of nitrogens with one attached hydrogen (secondary N) is 1. The molecule has 0 aliphatic rings. The highest BCUT2D eigenvalue weighted by atomic mass is 32.2. The van der Waals surface area contributed by atoms with Gasteiger partial charge in [0.15, 0.2) is 0 Å². The first-order valence-electron chi connectivity index (χ1n) is 6.12. The average molecular weight is 311 g/mol. The van der Waals surface area contributed by atoms with Crippen LogP contribution in [-0.4, -0.2) is 15.5 Å². The number of benzene rings is 1. The number of thiophene rings is 1. The molecule has 1 aromatic heterocycles. The zero-order valence-electron chi connectivity index (χ0n) is 11.6. The first kappa shape index (κ1) is 15.0. The van der Waals surface area contributed by atoms with Crippen LogP contribution in [0.4, 0.5) is 0 Å². The number of hydrogen-bond acceptors (Lipinski definition) is 4. The molecule has 20 heavy (non-hydrogen) atoms. The summed E-state index contributed by atoms with van der Waals surface area (Å²) in [6.45, 7) is 3.99. The van der Waals surface area contributed by atoms with E-state index in [-0.39, 0.29) is 6.54 Å². The lowest BCUT2D eigenvalue weighted by Crippen LogP contribution is -2.23. The Hall–Kier alpha value is -1.37. The summed E-state index contributed by atoms with van der Waals surface area (Å²) in [5, 5.41) is 0. The topological polar surface area (TPSA) is 55.4 Å². The Bertz CT molecular complexity index is 688. The number of sulfonamides is 1. The van der Waals surface area contributed by atoms with Gasteiger partial charge in [0.25, 0.3) is 0 Å². The third-order valence-electron chi connectivity index (χ3n) is 2.91. The SMILES string of the molecule is COc1ccc(CNS(=O)(=O)c2cc(C)sc2C)cc1. The van der Waals surface area contributed by atoms with Crippen molar-refractivity contribution < 1.29 is 13.2 Å². The fourth-order valence-electron chi connectivity index (χ4n) is 1.87. The summed E-state index contributed by atoms with van der Waals surface area (Å²) in [6, 6.07) is 9.00. The predicted molar refractivity (Wildman–Crippen MR) is 80.8 cm³/mol. The Morgan fingerprint density at radius 3 is 2.35 bits per heavy atom. The molecule has 0 bridgehead atoms. The monoisotopic (exact) mass is 311 g/mol. The summed E-state index contributed by atoms with van der Waals surface area (Å²) < 4.78 is 32.2. The lowest BCUT2D eigenvalue weighted by molar-refractivity contribution is 0.414. The summed E-state index contributed by atoms with van der Waals surface area (Å²) in [4.78, 5) is 2.17. The summed E-state index contributed by atoms with van der Waals surface area (Å²) in [5.41, 5.74) is 0.888. The second kappa shape index (κ2) is 5.95. The van der Waals surface area contributed by atoms with E-state index in [1.807, 2.05) is 38.1 Å². The summed E-state index contributed by atoms with van der Waals surface area (Å²) >= 11 is 1.49. The van der Waals surface area contributed by atoms with Crippen molar-refractivity contribution in [3.63, 3.8) is 0 Å². The van der Waals surface area contributed by atoms with E-state index in [2.05, 4.69) is 4.72 Å². The standard InChI is InChI=1S/C14H17NO3S2/c1-10-8-14(11(2)19-10)20(16,17)15-9-12-4-6-13(18-3)7-5-12/h4-8,15H,9H2,1-3H3. The van der Waals surface area contributed by atoms with Gasteiger partial charge in [-0.15, -0.1) is 11.3 Å². The summed E-state index contributed by atoms with van der Waals surface area (Å²) in [6.07, 6.45) is 0. The largest absolute Gasteiger partial charge is 0.497 e. The molecule has 0 aliphatic heterocycles. The molecule has 0 radical (unpaired) electrons. The van der Waals surface area contributed by atoms with Crippen molar-refractivity contribution in [2.24, 2.45) is 0 Å². The zero-order valence-corrected chi connectivity index (χ0v) is 13.3. The number of rotatable bonds is 5. The second-order valence-electron chi connectivity index (χ2n) is 4.45. The van der Waals surface area contributed by atoms with Gasteiger partial charge in [0.2, 0.25) is 10.0 Å². The highest BCUT2D eigenvalue weighted by molar-refractivity contribution is 7.89. The van der Waals surface area contributed by atoms with Gasteiger partial charge in [-0.25, -0.2) is 13.1 Å². The first-order valence-corrected chi connectivity index (χ1v) is 8.42. The fraction of sp³-hybridized carbons (Fsp3) is 0.286. The van der Waals surface area contributed by atoms with Crippen LogP contribution in [-0.2, 0) is 16.6 Å². The van der Waals surface area contributed by atoms with E-state index in [0.29, 0.717) is 4.90 Å². The molecule has 0 saturated carbocycles. The van der Waals surface area contributed by atoms with Crippen LogP contribution >= 0.6 is 11.3 Å². The van der Waals surface area contributed by atoms with E-state index in [9.17, 15) is 8.42 Å². The lowest BCUT2D eigenvalue weighted by atomic mass is 10.2. The number of ether oxygens (including phenoxy) is 1. The van der Waals surface area contributed by atoms with Crippen LogP contribution in [0.3, 0.4) is 0 Å². The summed E-state index contributed by atoms with van der Waals surface area (Å²) in [5.74, 6) is 0.751. The van der Waals surface area contributed by atoms with Gasteiger partial charge in [-0.3, -0.25) is 0 Å². The number of aryl methyl sites for hydroxylation is 2. The molecule has 0 saturated heterocycles. The van der Waals surface area contributed by atoms with Crippen LogP contribution in [0.25, 0.3) is 0 Å². The van der Waals surface area contributed by atoms with Crippen LogP contribution in [0.15, 0.2) is 35.2 Å². The molecule has 0 unspecified atom stereocenters. The summed E-state index contributed by atoms with van der Waals surface area (Å²) in [7, 11) is -1.86. The predicted octanol–water partition coefficient (Wildman–Crippen LogP) is 2.85. The van der Waals surface area contributed by atoms with Gasteiger partial charge in [0.1, 0.15) is 5.75 Å². The molecule has 1 aromatic carbocycles. The van der Waals surface area contributed by atoms with Crippen LogP contribution in [0.1, 0.15) is 15.3 Å². The van der Waals surface area contributed by atoms with Crippen molar-refractivity contribution in [3.05, 3.63) is 45.6 Å². The van der Waals surface area contributed by atoms with Crippen molar-refractivity contribution in [1.29, 1.82) is 0 Å². The maximum atomic E-state index is 12.2. The van der Waals surface area contributed by atoms with Crippen LogP contribution in [0.5, 0.6) is 5.75 Å². The third-order valence-corrected chi connectivity index (χ3v) is 5.53. The average Bonchev–Trinajstić information content (AvgIpc) is 2.77. The van der Waals surface area contributed by atoms with Gasteiger partial charge < -0.3 is 4.74 Å². The highest BCUT2D eigenvalue weighted by Gasteiger charge is 2.18. The van der Waals surface area contributed by atoms with Gasteiger partial charge in [-0.05, 0) is 37.6 Å². The normalized spacial score (nSPS) is 11.6. The molecule has 0 amide bonds. The maximum Gasteiger partial charge on any atom is 0.241 e. The Kier molecular flexibility index (Phi) is 4.47. The molecular formula is C14H17NO3S2. The zero-order chi connectivity index (χ0) is 14.8. The minimum Gasteiger partial charge on any atom is -0.497 e. The fourth-order valence-corrected chi connectivity index (χ4v) is 4.44. The molecular weight excluding hydrogens is 294 g/mol. The minimum atomic E-state index is -3.45. The third kappa shape index (κ3) is 3.39. The van der Waals surface area contributed by atoms with Crippen molar-refractivity contribution in [2.45, 2.75) is 25.3 Å². The van der Waals surface area contributed by atoms with E-state index in [0.717, 1.165) is 21.1 Å². The second-order valence-corrected chi connectivity index (χ2v) is 7.65. The van der Waals surface area contributed by atoms with Gasteiger partial charge in [0.05, 0.1) is 12.0 Å². The molecule has 0 spiro atoms. The van der Waals surface area contributed by atoms with Crippen molar-refractivity contribution >= 4 is 21.4 Å². The molecule has 1 heterocycles. The first-order chi connectivity index (χ1) is 9.42. The van der Waals surface area contributed by atoms with Crippen molar-refractivity contribution in [1.82, 2.24) is 4.72 Å². The Balaban J connectivity index is 2.11. The van der Waals surface area contributed by atoms with Gasteiger partial charge in [0, 0.05) is 16.3 Å². The van der Waals surface area contributed by atoms with Crippen molar-refractivity contribution in [2.75, 3.05) is 7.11 Å². The number of methoxy groups -OCH3 is 1. The molecule has 108 valence electrons. The van der Waals surface area contributed by atoms with E-state index in [1.54, 1.807) is 13.2 Å². The molecule has 2 rings (SSSR count). The van der Waals surface area contributed by atoms with Crippen LogP contribution in [0, 0.1) is 13.8 Å². The maximum absolute atomic E-state index is 12.2. The Labute approximate surface area is 123 Å². The minimum absolute atomic E-state index is 0.265. The van der Waals surface area contributed by atoms with Gasteiger partial charge in [-0.1, -0.05) is 12.1 Å². The van der Waals surface area contributed by atoms with Crippen LogP contribution in [0.2, 0.25) is 0 Å².